The van der Waals surface area contributed by atoms with Crippen molar-refractivity contribution in [2.45, 2.75) is 59.0 Å². The van der Waals surface area contributed by atoms with Gasteiger partial charge < -0.3 is 10.6 Å². The van der Waals surface area contributed by atoms with Crippen molar-refractivity contribution >= 4 is 28.5 Å². The highest BCUT2D eigenvalue weighted by molar-refractivity contribution is 5.93. The average molecular weight is 433 g/mol. The molecule has 1 fully saturated rings. The second-order valence-corrected chi connectivity index (χ2v) is 8.60. The highest BCUT2D eigenvalue weighted by Gasteiger charge is 2.23. The first-order valence-electron chi connectivity index (χ1n) is 11.0. The van der Waals surface area contributed by atoms with Crippen LogP contribution < -0.4 is 16.2 Å². The third-order valence-corrected chi connectivity index (χ3v) is 5.69. The van der Waals surface area contributed by atoms with Crippen molar-refractivity contribution in [2.75, 3.05) is 5.32 Å². The largest absolute Gasteiger partial charge is 0.353 e. The van der Waals surface area contributed by atoms with Gasteiger partial charge in [-0.3, -0.25) is 19.0 Å². The molecule has 7 nitrogen and oxygen atoms in total. The van der Waals surface area contributed by atoms with Crippen LogP contribution in [0.25, 0.3) is 11.0 Å². The maximum absolute atomic E-state index is 13.2. The summed E-state index contributed by atoms with van der Waals surface area (Å²) < 4.78 is 1.45. The van der Waals surface area contributed by atoms with Gasteiger partial charge in [0.15, 0.2) is 0 Å². The van der Waals surface area contributed by atoms with Gasteiger partial charge in [-0.2, -0.15) is 0 Å². The lowest BCUT2D eigenvalue weighted by atomic mass is 10.1. The van der Waals surface area contributed by atoms with Gasteiger partial charge >= 0.3 is 0 Å². The number of carbonyl (C=O) groups is 2. The number of aryl methyl sites for hydroxylation is 4. The molecule has 0 aliphatic heterocycles. The van der Waals surface area contributed by atoms with E-state index in [2.05, 4.69) is 15.6 Å². The topological polar surface area (TPSA) is 93.1 Å². The van der Waals surface area contributed by atoms with E-state index < -0.39 is 0 Å². The zero-order valence-electron chi connectivity index (χ0n) is 18.7. The van der Waals surface area contributed by atoms with Crippen molar-refractivity contribution in [2.24, 2.45) is 0 Å². The molecular weight excluding hydrogens is 404 g/mol. The number of rotatable bonds is 7. The maximum atomic E-state index is 13.2. The van der Waals surface area contributed by atoms with E-state index in [9.17, 15) is 14.4 Å². The summed E-state index contributed by atoms with van der Waals surface area (Å²) in [5, 5.41) is 5.89. The normalized spacial score (nSPS) is 13.2. The molecule has 3 aromatic rings. The summed E-state index contributed by atoms with van der Waals surface area (Å²) in [6, 6.07) is 11.6. The summed E-state index contributed by atoms with van der Waals surface area (Å²) >= 11 is 0. The van der Waals surface area contributed by atoms with Crippen LogP contribution in [0.15, 0.2) is 41.2 Å². The van der Waals surface area contributed by atoms with Gasteiger partial charge in [0.25, 0.3) is 5.56 Å². The van der Waals surface area contributed by atoms with Gasteiger partial charge in [0.05, 0.1) is 11.0 Å². The van der Waals surface area contributed by atoms with Crippen LogP contribution >= 0.6 is 0 Å². The molecule has 1 heterocycles. The minimum absolute atomic E-state index is 0.0727. The Morgan fingerprint density at radius 1 is 1.06 bits per heavy atom. The molecule has 1 aliphatic rings. The van der Waals surface area contributed by atoms with Crippen molar-refractivity contribution in [3.8, 4) is 0 Å². The first kappa shape index (κ1) is 21.7. The van der Waals surface area contributed by atoms with Crippen molar-refractivity contribution in [3.63, 3.8) is 0 Å². The van der Waals surface area contributed by atoms with Crippen molar-refractivity contribution in [1.82, 2.24) is 14.9 Å². The zero-order chi connectivity index (χ0) is 22.8. The Balaban J connectivity index is 1.59. The molecule has 0 atom stereocenters. The van der Waals surface area contributed by atoms with Gasteiger partial charge in [-0.25, -0.2) is 4.98 Å². The second-order valence-electron chi connectivity index (χ2n) is 8.60. The van der Waals surface area contributed by atoms with Gasteiger partial charge in [0.1, 0.15) is 12.2 Å². The summed E-state index contributed by atoms with van der Waals surface area (Å²) in [5.41, 5.74) is 5.03. The Kier molecular flexibility index (Phi) is 6.08. The molecule has 0 unspecified atom stereocenters. The fraction of sp³-hybridized carbons (Fsp3) is 0.360. The van der Waals surface area contributed by atoms with Gasteiger partial charge in [-0.15, -0.1) is 0 Å². The lowest BCUT2D eigenvalue weighted by Crippen LogP contribution is -2.32. The van der Waals surface area contributed by atoms with Crippen LogP contribution in [0.4, 0.5) is 5.69 Å². The fourth-order valence-corrected chi connectivity index (χ4v) is 4.02. The number of hydrogen-bond donors (Lipinski definition) is 2. The van der Waals surface area contributed by atoms with Crippen LogP contribution in [0.3, 0.4) is 0 Å². The van der Waals surface area contributed by atoms with Crippen molar-refractivity contribution in [1.29, 1.82) is 0 Å². The van der Waals surface area contributed by atoms with Gasteiger partial charge in [0, 0.05) is 24.6 Å². The third kappa shape index (κ3) is 4.88. The highest BCUT2D eigenvalue weighted by Crippen LogP contribution is 2.22. The van der Waals surface area contributed by atoms with E-state index in [1.165, 1.54) is 4.57 Å². The van der Waals surface area contributed by atoms with Crippen LogP contribution in [0.1, 0.15) is 41.6 Å². The number of anilines is 1. The van der Waals surface area contributed by atoms with Crippen LogP contribution in [0.5, 0.6) is 0 Å². The summed E-state index contributed by atoms with van der Waals surface area (Å²) in [7, 11) is 0. The van der Waals surface area contributed by atoms with Crippen LogP contribution in [-0.2, 0) is 22.6 Å². The molecule has 0 bridgehead atoms. The summed E-state index contributed by atoms with van der Waals surface area (Å²) in [6.45, 7) is 5.79. The fourth-order valence-electron chi connectivity index (χ4n) is 4.02. The van der Waals surface area contributed by atoms with E-state index in [1.807, 2.05) is 51.1 Å². The van der Waals surface area contributed by atoms with Gasteiger partial charge in [0.2, 0.25) is 11.8 Å². The standard InChI is InChI=1S/C25H28N4O3/c1-15-12-16(2)24(17(3)13-15)28-23(31)14-29-21-7-5-4-6-19(21)27-20(25(29)32)10-11-22(30)26-18-8-9-18/h4-7,12-13,18H,8-11,14H2,1-3H3,(H,26,30)(H,28,31). The molecule has 0 spiro atoms. The molecule has 0 saturated heterocycles. The average Bonchev–Trinajstić information content (AvgIpc) is 3.55. The minimum Gasteiger partial charge on any atom is -0.353 e. The molecule has 0 radical (unpaired) electrons. The van der Waals surface area contributed by atoms with Crippen LogP contribution in [0.2, 0.25) is 0 Å². The molecule has 2 amide bonds. The molecule has 1 aromatic heterocycles. The molecule has 2 aromatic carbocycles. The highest BCUT2D eigenvalue weighted by atomic mass is 16.2. The van der Waals surface area contributed by atoms with E-state index in [1.54, 1.807) is 6.07 Å². The molecule has 1 aliphatic carbocycles. The summed E-state index contributed by atoms with van der Waals surface area (Å²) in [5.74, 6) is -0.354. The van der Waals surface area contributed by atoms with Crippen molar-refractivity contribution in [3.05, 3.63) is 69.1 Å². The number of hydrogen-bond acceptors (Lipinski definition) is 4. The monoisotopic (exact) mass is 432 g/mol. The number of para-hydroxylation sites is 2. The Bertz CT molecular complexity index is 1230. The van der Waals surface area contributed by atoms with Gasteiger partial charge in [-0.05, 0) is 56.9 Å². The van der Waals surface area contributed by atoms with Crippen molar-refractivity contribution < 1.29 is 9.59 Å². The Morgan fingerprint density at radius 3 is 2.44 bits per heavy atom. The molecule has 166 valence electrons. The number of nitrogens with zero attached hydrogens (tertiary/aromatic N) is 2. The zero-order valence-corrected chi connectivity index (χ0v) is 18.7. The first-order valence-corrected chi connectivity index (χ1v) is 11.0. The second kappa shape index (κ2) is 8.94. The smallest absolute Gasteiger partial charge is 0.273 e. The first-order chi connectivity index (χ1) is 15.3. The maximum Gasteiger partial charge on any atom is 0.273 e. The van der Waals surface area contributed by atoms with E-state index in [4.69, 9.17) is 0 Å². The number of nitrogens with one attached hydrogen (secondary N) is 2. The summed E-state index contributed by atoms with van der Waals surface area (Å²) in [6.07, 6.45) is 2.47. The predicted octanol–water partition coefficient (Wildman–Crippen LogP) is 3.17. The number of fused-ring (bicyclic) bond motifs is 1. The predicted molar refractivity (Wildman–Crippen MR) is 125 cm³/mol. The van der Waals surface area contributed by atoms with E-state index in [0.29, 0.717) is 16.7 Å². The van der Waals surface area contributed by atoms with E-state index in [0.717, 1.165) is 35.2 Å². The lowest BCUT2D eigenvalue weighted by molar-refractivity contribution is -0.121. The Hall–Kier alpha value is -3.48. The van der Waals surface area contributed by atoms with Crippen LogP contribution in [-0.4, -0.2) is 27.4 Å². The van der Waals surface area contributed by atoms with Crippen LogP contribution in [0, 0.1) is 20.8 Å². The SMILES string of the molecule is Cc1cc(C)c(NC(=O)Cn2c(=O)c(CCC(=O)NC3CC3)nc3ccccc32)c(C)c1. The van der Waals surface area contributed by atoms with E-state index in [-0.39, 0.29) is 42.8 Å². The molecule has 1 saturated carbocycles. The minimum atomic E-state index is -0.338. The third-order valence-electron chi connectivity index (χ3n) is 5.69. The molecule has 4 rings (SSSR count). The molecule has 32 heavy (non-hydrogen) atoms. The van der Waals surface area contributed by atoms with Gasteiger partial charge in [-0.1, -0.05) is 29.8 Å². The molecular formula is C25H28N4O3. The quantitative estimate of drug-likeness (QED) is 0.600. The number of amides is 2. The Morgan fingerprint density at radius 2 is 1.75 bits per heavy atom. The van der Waals surface area contributed by atoms with E-state index >= 15 is 0 Å². The molecule has 7 heteroatoms. The number of benzene rings is 2. The summed E-state index contributed by atoms with van der Waals surface area (Å²) in [4.78, 5) is 42.7. The number of aromatic nitrogens is 2. The Labute approximate surface area is 186 Å². The number of carbonyl (C=O) groups excluding carboxylic acids is 2. The molecule has 2 N–H and O–H groups in total. The lowest BCUT2D eigenvalue weighted by Gasteiger charge is -2.15.